The van der Waals surface area contributed by atoms with Crippen LogP contribution in [-0.2, 0) is 0 Å². The van der Waals surface area contributed by atoms with E-state index in [2.05, 4.69) is 15.9 Å². The molecule has 0 saturated heterocycles. The van der Waals surface area contributed by atoms with Crippen LogP contribution in [0, 0.1) is 17.1 Å². The zero-order chi connectivity index (χ0) is 14.7. The minimum absolute atomic E-state index is 0.0769. The summed E-state index contributed by atoms with van der Waals surface area (Å²) in [4.78, 5) is 11.6. The van der Waals surface area contributed by atoms with E-state index in [0.717, 1.165) is 0 Å². The van der Waals surface area contributed by atoms with Crippen LogP contribution in [0.2, 0.25) is 0 Å². The van der Waals surface area contributed by atoms with Crippen LogP contribution in [0.5, 0.6) is 11.5 Å². The van der Waals surface area contributed by atoms with Crippen molar-refractivity contribution in [1.82, 2.24) is 0 Å². The average Bonchev–Trinajstić information content (AvgIpc) is 2.38. The molecule has 0 atom stereocenters. The Morgan fingerprint density at radius 1 is 1.30 bits per heavy atom. The Balaban J connectivity index is 2.51. The summed E-state index contributed by atoms with van der Waals surface area (Å²) in [5, 5.41) is 8.96. The quantitative estimate of drug-likeness (QED) is 0.779. The molecule has 0 aromatic heterocycles. The first-order valence-corrected chi connectivity index (χ1v) is 6.49. The normalized spacial score (nSPS) is 9.90. The lowest BCUT2D eigenvalue weighted by Crippen LogP contribution is -1.99. The third-order valence-electron chi connectivity index (χ3n) is 2.63. The summed E-state index contributed by atoms with van der Waals surface area (Å²) >= 11 is 3.28. The second-order valence-electron chi connectivity index (χ2n) is 4.02. The molecule has 2 aromatic carbocycles. The van der Waals surface area contributed by atoms with Gasteiger partial charge in [-0.05, 0) is 37.3 Å². The fourth-order valence-electron chi connectivity index (χ4n) is 1.69. The number of hydrogen-bond acceptors (Lipinski definition) is 3. The molecule has 2 aromatic rings. The maximum atomic E-state index is 13.5. The summed E-state index contributed by atoms with van der Waals surface area (Å²) in [6.07, 6.45) is 0. The molecule has 0 saturated carbocycles. The number of carbonyl (C=O) groups is 1. The number of benzene rings is 2. The van der Waals surface area contributed by atoms with Crippen molar-refractivity contribution in [3.8, 4) is 17.6 Å². The molecule has 0 aliphatic heterocycles. The summed E-state index contributed by atoms with van der Waals surface area (Å²) in [5.74, 6) is -0.492. The first-order chi connectivity index (χ1) is 9.52. The molecule has 2 rings (SSSR count). The van der Waals surface area contributed by atoms with Crippen molar-refractivity contribution in [1.29, 1.82) is 5.26 Å². The van der Waals surface area contributed by atoms with Gasteiger partial charge in [0.2, 0.25) is 0 Å². The van der Waals surface area contributed by atoms with Gasteiger partial charge in [0.05, 0.1) is 5.56 Å². The molecule has 3 nitrogen and oxygen atoms in total. The number of hydrogen-bond donors (Lipinski definition) is 0. The van der Waals surface area contributed by atoms with Crippen LogP contribution in [0.1, 0.15) is 22.8 Å². The Hall–Kier alpha value is -2.19. The molecular weight excluding hydrogens is 325 g/mol. The lowest BCUT2D eigenvalue weighted by molar-refractivity contribution is 0.101. The molecule has 0 heterocycles. The predicted octanol–water partition coefficient (Wildman–Crippen LogP) is 4.45. The van der Waals surface area contributed by atoms with Crippen LogP contribution in [0.15, 0.2) is 40.9 Å². The molecule has 0 radical (unpaired) electrons. The minimum Gasteiger partial charge on any atom is -0.455 e. The number of Topliss-reactive ketones (excluding diaryl/α,β-unsaturated/α-hetero) is 1. The molecule has 0 unspecified atom stereocenters. The smallest absolute Gasteiger partial charge is 0.163 e. The second kappa shape index (κ2) is 5.85. The third-order valence-corrected chi connectivity index (χ3v) is 3.12. The molecule has 0 N–H and O–H groups in total. The Morgan fingerprint density at radius 2 is 2.05 bits per heavy atom. The van der Waals surface area contributed by atoms with Crippen LogP contribution < -0.4 is 4.74 Å². The highest BCUT2D eigenvalue weighted by atomic mass is 79.9. The Bertz CT molecular complexity index is 722. The molecule has 0 spiro atoms. The zero-order valence-corrected chi connectivity index (χ0v) is 12.1. The van der Waals surface area contributed by atoms with E-state index in [1.54, 1.807) is 24.3 Å². The van der Waals surface area contributed by atoms with E-state index in [0.29, 0.717) is 10.0 Å². The van der Waals surface area contributed by atoms with Crippen molar-refractivity contribution < 1.29 is 13.9 Å². The number of carbonyl (C=O) groups excluding carboxylic acids is 1. The molecule has 0 aliphatic carbocycles. The standard InChI is InChI=1S/C15H9BrFNO2/c1-9(19)11-6-5-10(16)7-15(11)20-14-4-2-3-13(17)12(14)8-18/h2-7H,1H3. The van der Waals surface area contributed by atoms with Crippen molar-refractivity contribution >= 4 is 21.7 Å². The summed E-state index contributed by atoms with van der Waals surface area (Å²) in [6.45, 7) is 1.41. The number of rotatable bonds is 3. The van der Waals surface area contributed by atoms with Crippen molar-refractivity contribution in [2.75, 3.05) is 0 Å². The minimum atomic E-state index is -0.663. The second-order valence-corrected chi connectivity index (χ2v) is 4.94. The summed E-state index contributed by atoms with van der Waals surface area (Å²) in [6, 6.07) is 10.8. The van der Waals surface area contributed by atoms with Crippen LogP contribution in [-0.4, -0.2) is 5.78 Å². The van der Waals surface area contributed by atoms with E-state index >= 15 is 0 Å². The summed E-state index contributed by atoms with van der Waals surface area (Å²) in [5.41, 5.74) is 0.170. The fourth-order valence-corrected chi connectivity index (χ4v) is 2.03. The van der Waals surface area contributed by atoms with E-state index in [-0.39, 0.29) is 22.8 Å². The lowest BCUT2D eigenvalue weighted by atomic mass is 10.1. The number of halogens is 2. The molecule has 5 heteroatoms. The maximum absolute atomic E-state index is 13.5. The monoisotopic (exact) mass is 333 g/mol. The first-order valence-electron chi connectivity index (χ1n) is 5.70. The highest BCUT2D eigenvalue weighted by Gasteiger charge is 2.14. The SMILES string of the molecule is CC(=O)c1ccc(Br)cc1Oc1cccc(F)c1C#N. The highest BCUT2D eigenvalue weighted by molar-refractivity contribution is 9.10. The van der Waals surface area contributed by atoms with Crippen LogP contribution in [0.3, 0.4) is 0 Å². The van der Waals surface area contributed by atoms with Gasteiger partial charge in [-0.25, -0.2) is 4.39 Å². The van der Waals surface area contributed by atoms with Crippen molar-refractivity contribution in [3.63, 3.8) is 0 Å². The van der Waals surface area contributed by atoms with E-state index in [1.807, 2.05) is 0 Å². The Morgan fingerprint density at radius 3 is 2.70 bits per heavy atom. The lowest BCUT2D eigenvalue weighted by Gasteiger charge is -2.11. The molecule has 0 bridgehead atoms. The van der Waals surface area contributed by atoms with Crippen molar-refractivity contribution in [3.05, 3.63) is 57.8 Å². The van der Waals surface area contributed by atoms with Gasteiger partial charge in [-0.2, -0.15) is 5.26 Å². The summed E-state index contributed by atoms with van der Waals surface area (Å²) in [7, 11) is 0. The molecule has 0 aliphatic rings. The number of nitrogens with zero attached hydrogens (tertiary/aromatic N) is 1. The zero-order valence-electron chi connectivity index (χ0n) is 10.5. The largest absolute Gasteiger partial charge is 0.455 e. The Kier molecular flexibility index (Phi) is 4.16. The third kappa shape index (κ3) is 2.86. The first kappa shape index (κ1) is 14.2. The van der Waals surface area contributed by atoms with Gasteiger partial charge < -0.3 is 4.74 Å². The van der Waals surface area contributed by atoms with Gasteiger partial charge in [0.25, 0.3) is 0 Å². The van der Waals surface area contributed by atoms with E-state index in [4.69, 9.17) is 10.00 Å². The van der Waals surface area contributed by atoms with Crippen molar-refractivity contribution in [2.24, 2.45) is 0 Å². The predicted molar refractivity (Wildman–Crippen MR) is 75.3 cm³/mol. The topological polar surface area (TPSA) is 50.1 Å². The molecular formula is C15H9BrFNO2. The van der Waals surface area contributed by atoms with E-state index in [1.165, 1.54) is 25.1 Å². The van der Waals surface area contributed by atoms with Crippen LogP contribution in [0.4, 0.5) is 4.39 Å². The summed E-state index contributed by atoms with van der Waals surface area (Å²) < 4.78 is 19.8. The molecule has 20 heavy (non-hydrogen) atoms. The molecule has 0 fully saturated rings. The van der Waals surface area contributed by atoms with Gasteiger partial charge in [0.1, 0.15) is 28.9 Å². The number of ether oxygens (including phenoxy) is 1. The van der Waals surface area contributed by atoms with E-state index in [9.17, 15) is 9.18 Å². The van der Waals surface area contributed by atoms with E-state index < -0.39 is 5.82 Å². The molecule has 0 amide bonds. The molecule has 100 valence electrons. The van der Waals surface area contributed by atoms with Gasteiger partial charge in [0, 0.05) is 4.47 Å². The maximum Gasteiger partial charge on any atom is 0.163 e. The van der Waals surface area contributed by atoms with Crippen LogP contribution >= 0.6 is 15.9 Å². The average molecular weight is 334 g/mol. The fraction of sp³-hybridized carbons (Fsp3) is 0.0667. The van der Waals surface area contributed by atoms with Crippen molar-refractivity contribution in [2.45, 2.75) is 6.92 Å². The number of nitriles is 1. The van der Waals surface area contributed by atoms with Gasteiger partial charge in [0.15, 0.2) is 5.78 Å². The number of ketones is 1. The van der Waals surface area contributed by atoms with Crippen LogP contribution in [0.25, 0.3) is 0 Å². The van der Waals surface area contributed by atoms with Gasteiger partial charge in [-0.1, -0.05) is 22.0 Å². The van der Waals surface area contributed by atoms with Gasteiger partial charge in [-0.15, -0.1) is 0 Å². The highest BCUT2D eigenvalue weighted by Crippen LogP contribution is 2.31. The Labute approximate surface area is 123 Å². The van der Waals surface area contributed by atoms with Gasteiger partial charge >= 0.3 is 0 Å². The van der Waals surface area contributed by atoms with Gasteiger partial charge in [-0.3, -0.25) is 4.79 Å².